The molecule has 82 heavy (non-hydrogen) atoms. The summed E-state index contributed by atoms with van der Waals surface area (Å²) in [6, 6.07) is 23.6. The Labute approximate surface area is 494 Å². The standard InChI is InChI=1S/2C34H42ClNO5/c2*1-40-30-9-5-3-2-4-6-17-34(39,32(37)38)25-11-15-31-29(19-25)36(20-24-10-13-27(24)30)21-33(22-41-31)16-7-8-23-18-26(35)12-14-28(23)33/h2*5,9,11-12,14-15,18-19,24,27,30,39H,2-4,6-8,10,13,16-17,20-22H2,1H3,(H,37,38)/b2*9-5+/t24-,27+,30-,33-,34+;24-,27+,30-,33-,34-/m00/s1. The molecule has 4 aliphatic carbocycles. The average molecular weight is 1160 g/mol. The summed E-state index contributed by atoms with van der Waals surface area (Å²) in [6.07, 6.45) is 26.9. The van der Waals surface area contributed by atoms with Gasteiger partial charge in [0, 0.05) is 61.3 Å². The van der Waals surface area contributed by atoms with Gasteiger partial charge >= 0.3 is 11.9 Å². The number of carbonyl (C=O) groups is 2. The Morgan fingerprint density at radius 1 is 0.549 bits per heavy atom. The molecule has 4 bridgehead atoms. The van der Waals surface area contributed by atoms with E-state index in [1.165, 1.54) is 22.3 Å². The minimum absolute atomic E-state index is 0.0966. The van der Waals surface area contributed by atoms with Gasteiger partial charge in [-0.15, -0.1) is 0 Å². The van der Waals surface area contributed by atoms with Crippen LogP contribution in [-0.4, -0.2) is 98.2 Å². The molecule has 2 spiro atoms. The molecule has 0 unspecified atom stereocenters. The summed E-state index contributed by atoms with van der Waals surface area (Å²) < 4.78 is 25.2. The maximum Gasteiger partial charge on any atom is 0.340 e. The first-order chi connectivity index (χ1) is 39.7. The number of benzene rings is 4. The van der Waals surface area contributed by atoms with Gasteiger partial charge in [0.2, 0.25) is 0 Å². The molecule has 0 amide bonds. The maximum atomic E-state index is 12.5. The van der Waals surface area contributed by atoms with Gasteiger partial charge in [0.25, 0.3) is 0 Å². The van der Waals surface area contributed by atoms with Crippen LogP contribution in [0.15, 0.2) is 97.1 Å². The molecule has 0 radical (unpaired) electrons. The number of ether oxygens (including phenoxy) is 4. The van der Waals surface area contributed by atoms with Crippen molar-refractivity contribution in [1.29, 1.82) is 0 Å². The van der Waals surface area contributed by atoms with Gasteiger partial charge in [-0.05, 0) is 221 Å². The Bertz CT molecular complexity index is 2820. The molecular formula is C68H84Cl2N2O10. The SMILES string of the molecule is CO[C@H]1/C=C/CCCCC[C@@](O)(C(=O)O)c2ccc3c(c2)N(C[C@@H]2CC[C@H]21)C[C@@]1(CCCc2cc(Cl)ccc21)CO3.CO[C@H]1/C=C/CCCCC[C@](O)(C(=O)O)c2ccc3c(c2)N(C[C@@H]2CC[C@H]21)C[C@@]1(CCCc2cc(Cl)ccc21)CO3. The second-order valence-electron chi connectivity index (χ2n) is 25.4. The number of allylic oxidation sites excluding steroid dienone is 2. The lowest BCUT2D eigenvalue weighted by Gasteiger charge is -2.46. The predicted molar refractivity (Wildman–Crippen MR) is 322 cm³/mol. The van der Waals surface area contributed by atoms with Gasteiger partial charge in [-0.2, -0.15) is 0 Å². The van der Waals surface area contributed by atoms with Gasteiger partial charge in [-0.1, -0.05) is 84.6 Å². The van der Waals surface area contributed by atoms with Crippen molar-refractivity contribution < 1.29 is 49.0 Å². The third-order valence-electron chi connectivity index (χ3n) is 20.5. The first-order valence-electron chi connectivity index (χ1n) is 30.6. The summed E-state index contributed by atoms with van der Waals surface area (Å²) in [5.41, 5.74) is 3.51. The Balaban J connectivity index is 0.000000172. The largest absolute Gasteiger partial charge is 0.490 e. The molecule has 4 aromatic rings. The zero-order valence-electron chi connectivity index (χ0n) is 48.0. The van der Waals surface area contributed by atoms with Crippen LogP contribution in [0.1, 0.15) is 149 Å². The minimum atomic E-state index is -1.94. The van der Waals surface area contributed by atoms with E-state index in [4.69, 9.17) is 42.1 Å². The van der Waals surface area contributed by atoms with Crippen LogP contribution >= 0.6 is 23.2 Å². The number of halogens is 2. The van der Waals surface area contributed by atoms with Gasteiger partial charge in [0.1, 0.15) is 11.5 Å². The molecule has 8 aliphatic rings. The van der Waals surface area contributed by atoms with E-state index in [-0.39, 0.29) is 35.9 Å². The summed E-state index contributed by atoms with van der Waals surface area (Å²) >= 11 is 12.8. The number of hydrogen-bond acceptors (Lipinski definition) is 10. The topological polar surface area (TPSA) is 158 Å². The van der Waals surface area contributed by atoms with Crippen molar-refractivity contribution in [2.24, 2.45) is 23.7 Å². The molecule has 4 N–H and O–H groups in total. The fourth-order valence-corrected chi connectivity index (χ4v) is 15.8. The van der Waals surface area contributed by atoms with Crippen LogP contribution in [0.2, 0.25) is 10.0 Å². The van der Waals surface area contributed by atoms with Crippen LogP contribution in [0.25, 0.3) is 0 Å². The summed E-state index contributed by atoms with van der Waals surface area (Å²) in [6.45, 7) is 4.28. The maximum absolute atomic E-state index is 12.5. The van der Waals surface area contributed by atoms with Crippen molar-refractivity contribution in [3.05, 3.63) is 141 Å². The van der Waals surface area contributed by atoms with E-state index in [0.29, 0.717) is 60.9 Å². The number of aryl methyl sites for hydroxylation is 2. The van der Waals surface area contributed by atoms with E-state index >= 15 is 0 Å². The molecule has 12 rings (SSSR count). The van der Waals surface area contributed by atoms with E-state index in [2.05, 4.69) is 58.4 Å². The highest BCUT2D eigenvalue weighted by Crippen LogP contribution is 2.51. The minimum Gasteiger partial charge on any atom is -0.490 e. The lowest BCUT2D eigenvalue weighted by Crippen LogP contribution is -2.49. The number of methoxy groups -OCH3 is 2. The van der Waals surface area contributed by atoms with Crippen LogP contribution in [0.3, 0.4) is 0 Å². The molecule has 14 heteroatoms. The van der Waals surface area contributed by atoms with Crippen LogP contribution in [0.4, 0.5) is 11.4 Å². The van der Waals surface area contributed by atoms with E-state index in [1.807, 2.05) is 50.6 Å². The molecule has 440 valence electrons. The molecule has 10 atom stereocenters. The highest BCUT2D eigenvalue weighted by Gasteiger charge is 2.48. The number of carboxylic acids is 2. The van der Waals surface area contributed by atoms with E-state index in [1.54, 1.807) is 12.1 Å². The Hall–Kier alpha value is -5.08. The lowest BCUT2D eigenvalue weighted by atomic mass is 9.68. The summed E-state index contributed by atoms with van der Waals surface area (Å²) in [7, 11) is 3.63. The number of nitrogens with zero attached hydrogens (tertiary/aromatic N) is 2. The van der Waals surface area contributed by atoms with Crippen molar-refractivity contribution in [2.75, 3.05) is 63.4 Å². The van der Waals surface area contributed by atoms with Crippen LogP contribution < -0.4 is 19.3 Å². The van der Waals surface area contributed by atoms with E-state index in [9.17, 15) is 30.0 Å². The molecule has 4 aromatic carbocycles. The first-order valence-corrected chi connectivity index (χ1v) is 31.3. The van der Waals surface area contributed by atoms with Crippen molar-refractivity contribution in [2.45, 2.75) is 163 Å². The van der Waals surface area contributed by atoms with Gasteiger partial charge in [0.15, 0.2) is 11.2 Å². The number of hydrogen-bond donors (Lipinski definition) is 4. The predicted octanol–water partition coefficient (Wildman–Crippen LogP) is 13.3. The third-order valence-corrected chi connectivity index (χ3v) is 20.9. The fraction of sp³-hybridized carbons (Fsp3) is 0.559. The summed E-state index contributed by atoms with van der Waals surface area (Å²) in [5.74, 6) is 0.853. The van der Waals surface area contributed by atoms with Crippen LogP contribution in [-0.2, 0) is 53.9 Å². The molecule has 2 saturated carbocycles. The highest BCUT2D eigenvalue weighted by atomic mass is 35.5. The van der Waals surface area contributed by atoms with Gasteiger partial charge in [0.05, 0.1) is 36.8 Å². The summed E-state index contributed by atoms with van der Waals surface area (Å²) in [4.78, 5) is 29.8. The zero-order chi connectivity index (χ0) is 57.2. The van der Waals surface area contributed by atoms with Crippen molar-refractivity contribution >= 4 is 46.5 Å². The fourth-order valence-electron chi connectivity index (χ4n) is 15.5. The monoisotopic (exact) mass is 1160 g/mol. The smallest absolute Gasteiger partial charge is 0.340 e. The number of aliphatic carboxylic acids is 2. The van der Waals surface area contributed by atoms with Crippen molar-refractivity contribution in [3.8, 4) is 11.5 Å². The second-order valence-corrected chi connectivity index (χ2v) is 26.2. The number of carboxylic acid groups (broad SMARTS) is 2. The average Bonchev–Trinajstić information content (AvgIpc) is 3.49. The lowest BCUT2D eigenvalue weighted by molar-refractivity contribution is -0.161. The number of rotatable bonds is 4. The van der Waals surface area contributed by atoms with Crippen molar-refractivity contribution in [3.63, 3.8) is 0 Å². The van der Waals surface area contributed by atoms with Gasteiger partial charge in [-0.25, -0.2) is 9.59 Å². The van der Waals surface area contributed by atoms with E-state index in [0.717, 1.165) is 162 Å². The molecule has 0 saturated heterocycles. The molecule has 4 heterocycles. The Morgan fingerprint density at radius 3 is 1.38 bits per heavy atom. The highest BCUT2D eigenvalue weighted by molar-refractivity contribution is 6.31. The first kappa shape index (κ1) is 58.7. The number of aliphatic hydroxyl groups is 2. The molecule has 0 aromatic heterocycles. The van der Waals surface area contributed by atoms with Crippen LogP contribution in [0, 0.1) is 23.7 Å². The summed E-state index contributed by atoms with van der Waals surface area (Å²) in [5, 5.41) is 45.0. The molecule has 2 fully saturated rings. The van der Waals surface area contributed by atoms with Gasteiger partial charge < -0.3 is 49.2 Å². The van der Waals surface area contributed by atoms with Gasteiger partial charge in [-0.3, -0.25) is 0 Å². The van der Waals surface area contributed by atoms with E-state index < -0.39 is 23.1 Å². The zero-order valence-corrected chi connectivity index (χ0v) is 49.5. The molecule has 4 aliphatic heterocycles. The van der Waals surface area contributed by atoms with Crippen LogP contribution in [0.5, 0.6) is 11.5 Å². The molecule has 12 nitrogen and oxygen atoms in total. The Morgan fingerprint density at radius 2 is 0.988 bits per heavy atom. The quantitative estimate of drug-likeness (QED) is 0.144. The molecular weight excluding hydrogens is 1080 g/mol. The normalized spacial score (nSPS) is 32.6. The second kappa shape index (κ2) is 24.9. The van der Waals surface area contributed by atoms with Crippen molar-refractivity contribution in [1.82, 2.24) is 0 Å². The number of fused-ring (bicyclic) bond motifs is 8. The Kier molecular flexibility index (Phi) is 17.8. The third kappa shape index (κ3) is 11.7. The number of anilines is 2.